The number of hydrogen-bond donors (Lipinski definition) is 1. The first kappa shape index (κ1) is 13.4. The van der Waals surface area contributed by atoms with Crippen LogP contribution in [0, 0.1) is 6.92 Å². The monoisotopic (exact) mass is 248 g/mol. The van der Waals surface area contributed by atoms with Crippen LogP contribution >= 0.6 is 0 Å². The van der Waals surface area contributed by atoms with Crippen molar-refractivity contribution in [2.75, 3.05) is 26.2 Å². The zero-order chi connectivity index (χ0) is 12.8. The number of nitrogens with zero attached hydrogens (tertiary/aromatic N) is 1. The average Bonchev–Trinajstić information content (AvgIpc) is 2.40. The van der Waals surface area contributed by atoms with E-state index >= 15 is 0 Å². The Morgan fingerprint density at radius 1 is 1.17 bits per heavy atom. The number of likely N-dealkylation sites (tertiary alicyclic amines) is 1. The maximum Gasteiger partial charge on any atom is 0.119 e. The number of aliphatic hydroxyl groups excluding tert-OH is 1. The lowest BCUT2D eigenvalue weighted by molar-refractivity contribution is 0.183. The van der Waals surface area contributed by atoms with Gasteiger partial charge in [0.15, 0.2) is 0 Å². The Balaban J connectivity index is 1.72. The van der Waals surface area contributed by atoms with Gasteiger partial charge in [0, 0.05) is 6.54 Å². The number of rotatable bonds is 5. The molecule has 1 saturated heterocycles. The molecule has 1 aromatic carbocycles. The summed E-state index contributed by atoms with van der Waals surface area (Å²) in [7, 11) is 0. The minimum atomic E-state index is -0.660. The first-order chi connectivity index (χ1) is 8.75. The van der Waals surface area contributed by atoms with Crippen LogP contribution in [0.3, 0.4) is 0 Å². The van der Waals surface area contributed by atoms with E-state index < -0.39 is 6.10 Å². The molecule has 3 nitrogen and oxygen atoms in total. The van der Waals surface area contributed by atoms with E-state index in [0.29, 0.717) is 0 Å². The maximum atomic E-state index is 9.30. The van der Waals surface area contributed by atoms with Gasteiger partial charge in [0.1, 0.15) is 12.4 Å². The molecule has 3 heteroatoms. The van der Waals surface area contributed by atoms with Crippen molar-refractivity contribution in [3.63, 3.8) is 0 Å². The molecule has 18 heavy (non-hydrogen) atoms. The molecule has 0 spiro atoms. The van der Waals surface area contributed by atoms with Gasteiger partial charge in [-0.1, -0.05) is 18.6 Å². The Bertz CT molecular complexity index is 342. The van der Waals surface area contributed by atoms with Gasteiger partial charge in [-0.05, 0) is 50.6 Å². The van der Waals surface area contributed by atoms with Gasteiger partial charge < -0.3 is 9.84 Å². The second-order valence-corrected chi connectivity index (χ2v) is 4.84. The summed E-state index contributed by atoms with van der Waals surface area (Å²) in [5, 5.41) is 9.30. The van der Waals surface area contributed by atoms with Gasteiger partial charge in [-0.25, -0.2) is 0 Å². The minimum Gasteiger partial charge on any atom is -0.492 e. The van der Waals surface area contributed by atoms with E-state index in [1.54, 1.807) is 0 Å². The summed E-state index contributed by atoms with van der Waals surface area (Å²) >= 11 is 0. The summed E-state index contributed by atoms with van der Waals surface area (Å²) in [6.07, 6.45) is 3.34. The highest BCUT2D eigenvalue weighted by atomic mass is 16.5. The molecule has 0 aliphatic carbocycles. The highest BCUT2D eigenvalue weighted by Gasteiger charge is 2.09. The Morgan fingerprint density at radius 2 is 1.83 bits per heavy atom. The third-order valence-electron chi connectivity index (χ3n) is 3.39. The zero-order valence-corrected chi connectivity index (χ0v) is 10.8. The molecule has 99 valence electrons. The first-order valence-electron chi connectivity index (χ1n) is 6.72. The molecule has 1 N–H and O–H groups in total. The van der Waals surface area contributed by atoms with Crippen LogP contribution in [-0.2, 0) is 0 Å². The molecule has 1 aliphatic rings. The molecule has 0 aromatic heterocycles. The van der Waals surface area contributed by atoms with Crippen LogP contribution in [-0.4, -0.2) is 36.2 Å². The van der Waals surface area contributed by atoms with Crippen molar-refractivity contribution in [2.24, 2.45) is 0 Å². The van der Waals surface area contributed by atoms with Crippen molar-refractivity contribution in [3.8, 4) is 5.75 Å². The Hall–Kier alpha value is -1.06. The van der Waals surface area contributed by atoms with Crippen molar-refractivity contribution in [2.45, 2.75) is 25.4 Å². The number of ether oxygens (including phenoxy) is 1. The van der Waals surface area contributed by atoms with Gasteiger partial charge in [0.05, 0.1) is 6.10 Å². The number of hydrogen-bond acceptors (Lipinski definition) is 3. The molecule has 1 aliphatic heterocycles. The lowest BCUT2D eigenvalue weighted by Crippen LogP contribution is -2.33. The highest BCUT2D eigenvalue weighted by molar-refractivity contribution is 5.28. The topological polar surface area (TPSA) is 32.7 Å². The van der Waals surface area contributed by atoms with Gasteiger partial charge >= 0.3 is 0 Å². The predicted molar refractivity (Wildman–Crippen MR) is 72.5 cm³/mol. The quantitative estimate of drug-likeness (QED) is 0.868. The van der Waals surface area contributed by atoms with Crippen molar-refractivity contribution in [1.29, 1.82) is 0 Å². The minimum absolute atomic E-state index is 0.660. The van der Waals surface area contributed by atoms with Gasteiger partial charge in [-0.3, -0.25) is 4.90 Å². The molecule has 1 heterocycles. The lowest BCUT2D eigenvalue weighted by Gasteiger charge is -2.26. The number of piperidine rings is 1. The van der Waals surface area contributed by atoms with Crippen LogP contribution in [0.4, 0.5) is 0 Å². The molecule has 1 aromatic rings. The largest absolute Gasteiger partial charge is 0.492 e. The fraction of sp³-hybridized carbons (Fsp3) is 0.533. The van der Waals surface area contributed by atoms with E-state index in [0.717, 1.165) is 24.5 Å². The Kier molecular flexibility index (Phi) is 5.02. The van der Waals surface area contributed by atoms with Gasteiger partial charge in [0.25, 0.3) is 0 Å². The molecule has 1 radical (unpaired) electrons. The smallest absolute Gasteiger partial charge is 0.119 e. The van der Waals surface area contributed by atoms with Crippen molar-refractivity contribution < 1.29 is 9.84 Å². The van der Waals surface area contributed by atoms with E-state index in [4.69, 9.17) is 4.74 Å². The Labute approximate surface area is 109 Å². The number of benzene rings is 1. The molecule has 1 fully saturated rings. The second-order valence-electron chi connectivity index (χ2n) is 4.84. The second kappa shape index (κ2) is 6.76. The first-order valence-corrected chi connectivity index (χ1v) is 6.72. The average molecular weight is 248 g/mol. The maximum absolute atomic E-state index is 9.30. The van der Waals surface area contributed by atoms with Crippen molar-refractivity contribution >= 4 is 0 Å². The fourth-order valence-corrected chi connectivity index (χ4v) is 2.26. The van der Waals surface area contributed by atoms with Crippen LogP contribution < -0.4 is 4.74 Å². The Morgan fingerprint density at radius 3 is 2.44 bits per heavy atom. The molecule has 0 saturated carbocycles. The van der Waals surface area contributed by atoms with Gasteiger partial charge in [-0.2, -0.15) is 0 Å². The van der Waals surface area contributed by atoms with Gasteiger partial charge in [0.2, 0.25) is 0 Å². The molecule has 1 atom stereocenters. The molecular formula is C15H22NO2. The standard InChI is InChI=1S/C15H22NO2/c1-13(17)14-5-7-15(8-6-14)18-12-11-16-9-3-2-4-10-16/h5-8,13,17H,1-4,9-12H2. The van der Waals surface area contributed by atoms with E-state index in [2.05, 4.69) is 11.8 Å². The molecular weight excluding hydrogens is 226 g/mol. The summed E-state index contributed by atoms with van der Waals surface area (Å²) in [6, 6.07) is 7.49. The van der Waals surface area contributed by atoms with Crippen LogP contribution in [0.25, 0.3) is 0 Å². The van der Waals surface area contributed by atoms with Crippen molar-refractivity contribution in [3.05, 3.63) is 36.8 Å². The summed E-state index contributed by atoms with van der Waals surface area (Å²) in [4.78, 5) is 2.46. The SMILES string of the molecule is [CH2]C(O)c1ccc(OCCN2CCCCC2)cc1. The summed E-state index contributed by atoms with van der Waals surface area (Å²) in [5.74, 6) is 0.858. The normalized spacial score (nSPS) is 18.6. The van der Waals surface area contributed by atoms with Crippen molar-refractivity contribution in [1.82, 2.24) is 4.90 Å². The van der Waals surface area contributed by atoms with Crippen LogP contribution in [0.1, 0.15) is 30.9 Å². The number of aliphatic hydroxyl groups is 1. The highest BCUT2D eigenvalue weighted by Crippen LogP contribution is 2.17. The predicted octanol–water partition coefficient (Wildman–Crippen LogP) is 2.42. The van der Waals surface area contributed by atoms with E-state index in [-0.39, 0.29) is 0 Å². The van der Waals surface area contributed by atoms with Crippen LogP contribution in [0.15, 0.2) is 24.3 Å². The molecule has 2 rings (SSSR count). The van der Waals surface area contributed by atoms with E-state index in [9.17, 15) is 5.11 Å². The van der Waals surface area contributed by atoms with E-state index in [1.165, 1.54) is 32.4 Å². The summed E-state index contributed by atoms with van der Waals surface area (Å²) < 4.78 is 5.70. The molecule has 0 amide bonds. The third-order valence-corrected chi connectivity index (χ3v) is 3.39. The van der Waals surface area contributed by atoms with Gasteiger partial charge in [-0.15, -0.1) is 0 Å². The zero-order valence-electron chi connectivity index (χ0n) is 10.8. The fourth-order valence-electron chi connectivity index (χ4n) is 2.26. The summed E-state index contributed by atoms with van der Waals surface area (Å²) in [6.45, 7) is 7.71. The molecule has 1 unspecified atom stereocenters. The molecule has 0 bridgehead atoms. The summed E-state index contributed by atoms with van der Waals surface area (Å²) in [5.41, 5.74) is 0.818. The van der Waals surface area contributed by atoms with E-state index in [1.807, 2.05) is 24.3 Å². The van der Waals surface area contributed by atoms with Crippen LogP contribution in [0.2, 0.25) is 0 Å². The van der Waals surface area contributed by atoms with Crippen LogP contribution in [0.5, 0.6) is 5.75 Å². The third kappa shape index (κ3) is 4.00. The lowest BCUT2D eigenvalue weighted by atomic mass is 10.1.